The van der Waals surface area contributed by atoms with Gasteiger partial charge in [-0.15, -0.1) is 0 Å². The zero-order valence-corrected chi connectivity index (χ0v) is 19.0. The van der Waals surface area contributed by atoms with E-state index in [-0.39, 0.29) is 29.7 Å². The van der Waals surface area contributed by atoms with E-state index in [1.807, 2.05) is 36.2 Å². The first-order valence-electron chi connectivity index (χ1n) is 11.4. The first-order valence-corrected chi connectivity index (χ1v) is 11.4. The van der Waals surface area contributed by atoms with Crippen LogP contribution in [0, 0.1) is 11.6 Å². The van der Waals surface area contributed by atoms with Gasteiger partial charge in [-0.05, 0) is 42.5 Å². The third-order valence-electron chi connectivity index (χ3n) is 6.70. The van der Waals surface area contributed by atoms with Gasteiger partial charge in [0.1, 0.15) is 17.8 Å². The van der Waals surface area contributed by atoms with Crippen molar-refractivity contribution in [2.24, 2.45) is 0 Å². The molecule has 1 aromatic heterocycles. The van der Waals surface area contributed by atoms with Crippen LogP contribution in [0.5, 0.6) is 5.75 Å². The number of nitrogens with zero attached hydrogens (tertiary/aromatic N) is 3. The lowest BCUT2D eigenvalue weighted by molar-refractivity contribution is 0.0566. The zero-order valence-electron chi connectivity index (χ0n) is 19.0. The average molecular weight is 479 g/mol. The number of aromatic nitrogens is 1. The number of Topliss-reactive ketones (excluding diaryl/α,β-unsaturated/α-hetero) is 1. The summed E-state index contributed by atoms with van der Waals surface area (Å²) in [5, 5.41) is 12.6. The number of fused-ring (bicyclic) bond motifs is 5. The Hall–Kier alpha value is -4.01. The summed E-state index contributed by atoms with van der Waals surface area (Å²) in [5.74, 6) is -3.40. The largest absolute Gasteiger partial charge is 0.502 e. The standard InChI is InChI=1S/C26H23F2N3O4/c1-2-29-25-18-6-4-3-5-15(18)11-12-30(25)31-14-19(23(33)24(34)22(31)26(29)35)21(32)10-8-16-7-9-17(27)13-20(16)28/h3-7,9,13-14,25,34H,2,8,10-12H2,1H3/t25-/m0/s1. The molecule has 180 valence electrons. The topological polar surface area (TPSA) is 82.9 Å². The number of pyridine rings is 1. The van der Waals surface area contributed by atoms with Gasteiger partial charge in [0.25, 0.3) is 5.91 Å². The molecular weight excluding hydrogens is 456 g/mol. The molecule has 0 saturated carbocycles. The van der Waals surface area contributed by atoms with Gasteiger partial charge < -0.3 is 10.0 Å². The number of halogens is 2. The Morgan fingerprint density at radius 1 is 1.14 bits per heavy atom. The molecule has 1 amide bonds. The monoisotopic (exact) mass is 479 g/mol. The van der Waals surface area contributed by atoms with E-state index in [1.165, 1.54) is 16.9 Å². The van der Waals surface area contributed by atoms with Gasteiger partial charge in [0, 0.05) is 31.8 Å². The second-order valence-electron chi connectivity index (χ2n) is 8.65. The molecule has 5 rings (SSSR count). The summed E-state index contributed by atoms with van der Waals surface area (Å²) in [4.78, 5) is 40.8. The maximum atomic E-state index is 14.0. The Morgan fingerprint density at radius 2 is 1.91 bits per heavy atom. The van der Waals surface area contributed by atoms with Crippen molar-refractivity contribution in [3.8, 4) is 5.75 Å². The molecular formula is C26H23F2N3O4. The third-order valence-corrected chi connectivity index (χ3v) is 6.70. The van der Waals surface area contributed by atoms with Crippen LogP contribution < -0.4 is 10.4 Å². The molecule has 2 aliphatic heterocycles. The molecule has 35 heavy (non-hydrogen) atoms. The highest BCUT2D eigenvalue weighted by molar-refractivity contribution is 6.00. The van der Waals surface area contributed by atoms with Crippen LogP contribution >= 0.6 is 0 Å². The number of aryl methyl sites for hydroxylation is 1. The fourth-order valence-corrected chi connectivity index (χ4v) is 4.95. The van der Waals surface area contributed by atoms with Crippen molar-refractivity contribution in [1.82, 2.24) is 9.58 Å². The number of benzene rings is 2. The molecule has 0 fully saturated rings. The maximum Gasteiger partial charge on any atom is 0.278 e. The number of ketones is 1. The minimum atomic E-state index is -0.943. The first kappa shape index (κ1) is 22.8. The summed E-state index contributed by atoms with van der Waals surface area (Å²) >= 11 is 0. The van der Waals surface area contributed by atoms with E-state index < -0.39 is 40.7 Å². The predicted molar refractivity (Wildman–Crippen MR) is 124 cm³/mol. The van der Waals surface area contributed by atoms with Crippen molar-refractivity contribution in [1.29, 1.82) is 0 Å². The molecule has 1 atom stereocenters. The van der Waals surface area contributed by atoms with Gasteiger partial charge >= 0.3 is 0 Å². The summed E-state index contributed by atoms with van der Waals surface area (Å²) in [7, 11) is 0. The van der Waals surface area contributed by atoms with Gasteiger partial charge in [0.15, 0.2) is 17.2 Å². The van der Waals surface area contributed by atoms with Crippen molar-refractivity contribution in [2.45, 2.75) is 32.4 Å². The number of hydrogen-bond donors (Lipinski definition) is 1. The smallest absolute Gasteiger partial charge is 0.278 e. The highest BCUT2D eigenvalue weighted by atomic mass is 19.1. The molecule has 2 aromatic carbocycles. The average Bonchev–Trinajstić information content (AvgIpc) is 2.85. The van der Waals surface area contributed by atoms with Crippen molar-refractivity contribution in [3.63, 3.8) is 0 Å². The molecule has 3 aromatic rings. The minimum absolute atomic E-state index is 0.0465. The van der Waals surface area contributed by atoms with E-state index in [9.17, 15) is 28.3 Å². The molecule has 0 spiro atoms. The fraction of sp³-hybridized carbons (Fsp3) is 0.269. The second-order valence-corrected chi connectivity index (χ2v) is 8.65. The summed E-state index contributed by atoms with van der Waals surface area (Å²) in [6.07, 6.45) is 1.25. The van der Waals surface area contributed by atoms with E-state index in [2.05, 4.69) is 0 Å². The van der Waals surface area contributed by atoms with Crippen LogP contribution in [0.25, 0.3) is 0 Å². The number of rotatable bonds is 5. The molecule has 0 radical (unpaired) electrons. The normalized spacial score (nSPS) is 16.5. The van der Waals surface area contributed by atoms with Crippen molar-refractivity contribution < 1.29 is 23.5 Å². The SMILES string of the molecule is CCN1C(=O)c2c(O)c(=O)c(C(=O)CCc3ccc(F)cc3F)cn2N2CCc3ccccc3[C@@H]12. The van der Waals surface area contributed by atoms with Crippen LogP contribution in [0.1, 0.15) is 57.0 Å². The minimum Gasteiger partial charge on any atom is -0.502 e. The molecule has 7 nitrogen and oxygen atoms in total. The van der Waals surface area contributed by atoms with Crippen LogP contribution in [0.15, 0.2) is 53.5 Å². The van der Waals surface area contributed by atoms with Crippen LogP contribution in [0.4, 0.5) is 8.78 Å². The van der Waals surface area contributed by atoms with Crippen molar-refractivity contribution >= 4 is 11.7 Å². The van der Waals surface area contributed by atoms with E-state index in [0.29, 0.717) is 19.5 Å². The van der Waals surface area contributed by atoms with Gasteiger partial charge in [-0.3, -0.25) is 24.1 Å². The van der Waals surface area contributed by atoms with Gasteiger partial charge in [0.2, 0.25) is 5.43 Å². The number of carbonyl (C=O) groups is 2. The summed E-state index contributed by atoms with van der Waals surface area (Å²) < 4.78 is 28.6. The van der Waals surface area contributed by atoms with Crippen LogP contribution in [0.2, 0.25) is 0 Å². The van der Waals surface area contributed by atoms with Gasteiger partial charge in [-0.2, -0.15) is 0 Å². The summed E-state index contributed by atoms with van der Waals surface area (Å²) in [6.45, 7) is 2.67. The van der Waals surface area contributed by atoms with E-state index in [0.717, 1.165) is 23.3 Å². The number of amides is 1. The van der Waals surface area contributed by atoms with E-state index >= 15 is 0 Å². The van der Waals surface area contributed by atoms with Crippen molar-refractivity contribution in [2.75, 3.05) is 18.1 Å². The van der Waals surface area contributed by atoms with Crippen molar-refractivity contribution in [3.05, 3.63) is 98.5 Å². The Balaban J connectivity index is 1.55. The summed E-state index contributed by atoms with van der Waals surface area (Å²) in [6, 6.07) is 10.9. The van der Waals surface area contributed by atoms with Crippen LogP contribution in [-0.2, 0) is 12.8 Å². The molecule has 3 heterocycles. The maximum absolute atomic E-state index is 14.0. The predicted octanol–water partition coefficient (Wildman–Crippen LogP) is 3.32. The Labute approximate surface area is 199 Å². The Kier molecular flexibility index (Phi) is 5.62. The van der Waals surface area contributed by atoms with Gasteiger partial charge in [-0.25, -0.2) is 8.78 Å². The molecule has 0 saturated heterocycles. The lowest BCUT2D eigenvalue weighted by Gasteiger charge is -2.49. The molecule has 1 N–H and O–H groups in total. The quantitative estimate of drug-likeness (QED) is 0.568. The molecule has 9 heteroatoms. The lowest BCUT2D eigenvalue weighted by Crippen LogP contribution is -2.58. The van der Waals surface area contributed by atoms with E-state index in [1.54, 1.807) is 4.90 Å². The molecule has 0 bridgehead atoms. The third kappa shape index (κ3) is 3.67. The molecule has 2 aliphatic rings. The highest BCUT2D eigenvalue weighted by Crippen LogP contribution is 2.37. The summed E-state index contributed by atoms with van der Waals surface area (Å²) in [5.41, 5.74) is 0.770. The van der Waals surface area contributed by atoms with E-state index in [4.69, 9.17) is 0 Å². The Morgan fingerprint density at radius 3 is 2.66 bits per heavy atom. The number of hydrogen-bond acceptors (Lipinski definition) is 5. The fourth-order valence-electron chi connectivity index (χ4n) is 4.95. The second kappa shape index (κ2) is 8.65. The van der Waals surface area contributed by atoms with Gasteiger partial charge in [-0.1, -0.05) is 30.3 Å². The zero-order chi connectivity index (χ0) is 24.9. The Bertz CT molecular complexity index is 1420. The molecule has 0 unspecified atom stereocenters. The lowest BCUT2D eigenvalue weighted by atomic mass is 9.95. The first-order chi connectivity index (χ1) is 16.8. The van der Waals surface area contributed by atoms with Gasteiger partial charge in [0.05, 0.1) is 5.56 Å². The number of aromatic hydroxyl groups is 1. The number of carbonyl (C=O) groups excluding carboxylic acids is 2. The van der Waals surface area contributed by atoms with Crippen LogP contribution in [-0.4, -0.2) is 39.5 Å². The van der Waals surface area contributed by atoms with Crippen LogP contribution in [0.3, 0.4) is 0 Å². The molecule has 0 aliphatic carbocycles. The highest BCUT2D eigenvalue weighted by Gasteiger charge is 2.42.